The van der Waals surface area contributed by atoms with Crippen molar-refractivity contribution in [1.82, 2.24) is 4.57 Å². The number of allylic oxidation sites excluding steroid dienone is 2. The number of nitrogens with zero attached hydrogens (tertiary/aromatic N) is 1. The number of aromatic nitrogens is 1. The van der Waals surface area contributed by atoms with Gasteiger partial charge in [-0.05, 0) is 31.3 Å². The molecule has 0 saturated heterocycles. The number of thiazole rings is 1. The second kappa shape index (κ2) is 4.81. The predicted octanol–water partition coefficient (Wildman–Crippen LogP) is 3.30. The summed E-state index contributed by atoms with van der Waals surface area (Å²) in [5.41, 5.74) is 0.845. The van der Waals surface area contributed by atoms with E-state index in [9.17, 15) is 9.59 Å². The van der Waals surface area contributed by atoms with E-state index in [-0.39, 0.29) is 11.4 Å². The molecule has 0 fully saturated rings. The maximum Gasteiger partial charge on any atom is 0.348 e. The number of rotatable bonds is 1. The van der Waals surface area contributed by atoms with Gasteiger partial charge in [-0.25, -0.2) is 4.79 Å². The van der Waals surface area contributed by atoms with Crippen LogP contribution >= 0.6 is 23.6 Å². The molecule has 2 heterocycles. The molecule has 1 aromatic carbocycles. The van der Waals surface area contributed by atoms with Crippen LogP contribution in [0.15, 0.2) is 41.7 Å². The zero-order valence-electron chi connectivity index (χ0n) is 10.5. The van der Waals surface area contributed by atoms with Gasteiger partial charge in [0.1, 0.15) is 11.3 Å². The molecule has 0 amide bonds. The predicted molar refractivity (Wildman–Crippen MR) is 79.8 cm³/mol. The van der Waals surface area contributed by atoms with Crippen LogP contribution in [-0.4, -0.2) is 16.3 Å². The number of carbonyl (C=O) groups is 2. The highest BCUT2D eigenvalue weighted by atomic mass is 32.1. The molecule has 2 aromatic rings. The number of esters is 1. The van der Waals surface area contributed by atoms with Crippen molar-refractivity contribution in [3.8, 4) is 0 Å². The number of hydrogen-bond donors (Lipinski definition) is 0. The van der Waals surface area contributed by atoms with Crippen LogP contribution < -0.4 is 0 Å². The zero-order valence-corrected chi connectivity index (χ0v) is 12.1. The van der Waals surface area contributed by atoms with E-state index in [1.807, 2.05) is 24.3 Å². The first-order valence-corrected chi connectivity index (χ1v) is 7.05. The lowest BCUT2D eigenvalue weighted by atomic mass is 10.1. The fourth-order valence-corrected chi connectivity index (χ4v) is 3.22. The lowest BCUT2D eigenvalue weighted by Crippen LogP contribution is -2.19. The minimum absolute atomic E-state index is 0.0183. The fourth-order valence-electron chi connectivity index (χ4n) is 1.95. The molecule has 20 heavy (non-hydrogen) atoms. The van der Waals surface area contributed by atoms with Crippen LogP contribution in [0.2, 0.25) is 0 Å². The Morgan fingerprint density at radius 1 is 1.30 bits per heavy atom. The maximum atomic E-state index is 11.9. The Bertz CT molecular complexity index is 855. The van der Waals surface area contributed by atoms with Gasteiger partial charge in [0.05, 0.1) is 10.2 Å². The number of carbonyl (C=O) groups excluding carboxylic acids is 2. The number of benzene rings is 1. The molecule has 0 spiro atoms. The molecule has 4 nitrogen and oxygen atoms in total. The minimum Gasteiger partial charge on any atom is -0.427 e. The molecule has 0 atom stereocenters. The molecule has 0 radical (unpaired) electrons. The summed E-state index contributed by atoms with van der Waals surface area (Å²) in [6.45, 7) is 1.57. The normalized spacial score (nSPS) is 17.4. The zero-order chi connectivity index (χ0) is 14.3. The van der Waals surface area contributed by atoms with Gasteiger partial charge >= 0.3 is 5.97 Å². The summed E-state index contributed by atoms with van der Waals surface area (Å²) >= 11 is 6.70. The summed E-state index contributed by atoms with van der Waals surface area (Å²) in [7, 11) is 0. The van der Waals surface area contributed by atoms with E-state index in [0.29, 0.717) is 9.71 Å². The molecule has 100 valence electrons. The molecular weight excluding hydrogens is 294 g/mol. The van der Waals surface area contributed by atoms with Crippen LogP contribution in [0.3, 0.4) is 0 Å². The molecule has 0 N–H and O–H groups in total. The van der Waals surface area contributed by atoms with Crippen LogP contribution in [0.1, 0.15) is 6.92 Å². The first-order chi connectivity index (χ1) is 9.56. The number of ketones is 1. The monoisotopic (exact) mass is 303 g/mol. The lowest BCUT2D eigenvalue weighted by molar-refractivity contribution is -0.137. The number of fused-ring (bicyclic) bond motifs is 1. The summed E-state index contributed by atoms with van der Waals surface area (Å²) in [5.74, 6) is -0.709. The van der Waals surface area contributed by atoms with E-state index in [1.54, 1.807) is 11.5 Å². The molecule has 1 aliphatic heterocycles. The first kappa shape index (κ1) is 13.0. The van der Waals surface area contributed by atoms with Crippen molar-refractivity contribution in [1.29, 1.82) is 0 Å². The Morgan fingerprint density at radius 3 is 2.80 bits per heavy atom. The SMILES string of the molecule is CC1=CC(=O)/C(=C\n2c(=S)sc3ccccc32)C(=O)O1. The summed E-state index contributed by atoms with van der Waals surface area (Å²) in [6, 6.07) is 7.62. The molecule has 0 unspecified atom stereocenters. The smallest absolute Gasteiger partial charge is 0.348 e. The van der Waals surface area contributed by atoms with E-state index in [0.717, 1.165) is 10.2 Å². The van der Waals surface area contributed by atoms with Crippen molar-refractivity contribution >= 4 is 51.7 Å². The quantitative estimate of drug-likeness (QED) is 0.351. The van der Waals surface area contributed by atoms with Gasteiger partial charge in [0.25, 0.3) is 0 Å². The first-order valence-electron chi connectivity index (χ1n) is 5.83. The number of cyclic esters (lactones) is 1. The molecule has 6 heteroatoms. The number of hydrogen-bond acceptors (Lipinski definition) is 5. The van der Waals surface area contributed by atoms with Gasteiger partial charge in [0.2, 0.25) is 0 Å². The lowest BCUT2D eigenvalue weighted by Gasteiger charge is -2.11. The van der Waals surface area contributed by atoms with Gasteiger partial charge in [0, 0.05) is 12.3 Å². The number of ether oxygens (including phenoxy) is 1. The number of para-hydroxylation sites is 1. The van der Waals surface area contributed by atoms with Crippen LogP contribution in [0.4, 0.5) is 0 Å². The Balaban J connectivity index is 2.20. The third-order valence-electron chi connectivity index (χ3n) is 2.85. The summed E-state index contributed by atoms with van der Waals surface area (Å²) < 4.78 is 8.20. The van der Waals surface area contributed by atoms with Gasteiger partial charge in [-0.2, -0.15) is 0 Å². The van der Waals surface area contributed by atoms with Gasteiger partial charge in [-0.3, -0.25) is 9.36 Å². The molecule has 0 bridgehead atoms. The fraction of sp³-hybridized carbons (Fsp3) is 0.0714. The molecule has 0 saturated carbocycles. The molecule has 1 aliphatic rings. The Kier molecular flexibility index (Phi) is 3.11. The van der Waals surface area contributed by atoms with Crippen LogP contribution in [0.5, 0.6) is 0 Å². The van der Waals surface area contributed by atoms with Gasteiger partial charge < -0.3 is 4.74 Å². The third kappa shape index (κ3) is 2.13. The van der Waals surface area contributed by atoms with E-state index >= 15 is 0 Å². The van der Waals surface area contributed by atoms with Crippen LogP contribution in [-0.2, 0) is 14.3 Å². The average molecular weight is 303 g/mol. The standard InChI is InChI=1S/C14H9NO3S2/c1-8-6-11(16)9(13(17)18-8)7-15-10-4-2-3-5-12(10)20-14(15)19/h2-7H,1H3/b9-7+. The summed E-state index contributed by atoms with van der Waals surface area (Å²) in [6.07, 6.45) is 2.75. The van der Waals surface area contributed by atoms with Crippen molar-refractivity contribution in [3.63, 3.8) is 0 Å². The van der Waals surface area contributed by atoms with Gasteiger partial charge in [0.15, 0.2) is 9.74 Å². The Morgan fingerprint density at radius 2 is 2.05 bits per heavy atom. The largest absolute Gasteiger partial charge is 0.427 e. The van der Waals surface area contributed by atoms with Crippen LogP contribution in [0, 0.1) is 3.95 Å². The van der Waals surface area contributed by atoms with Crippen molar-refractivity contribution in [2.24, 2.45) is 0 Å². The van der Waals surface area contributed by atoms with E-state index < -0.39 is 5.97 Å². The maximum absolute atomic E-state index is 11.9. The highest BCUT2D eigenvalue weighted by molar-refractivity contribution is 7.73. The summed E-state index contributed by atoms with van der Waals surface area (Å²) in [4.78, 5) is 23.7. The molecular formula is C14H9NO3S2. The van der Waals surface area contributed by atoms with E-state index in [2.05, 4.69) is 0 Å². The van der Waals surface area contributed by atoms with Gasteiger partial charge in [-0.1, -0.05) is 12.1 Å². The molecule has 3 rings (SSSR count). The molecule has 0 aliphatic carbocycles. The van der Waals surface area contributed by atoms with E-state index in [4.69, 9.17) is 17.0 Å². The third-order valence-corrected chi connectivity index (χ3v) is 4.23. The second-order valence-corrected chi connectivity index (χ2v) is 5.93. The minimum atomic E-state index is -0.646. The van der Waals surface area contributed by atoms with Crippen LogP contribution in [0.25, 0.3) is 16.4 Å². The Hall–Kier alpha value is -2.05. The molecule has 1 aromatic heterocycles. The summed E-state index contributed by atoms with van der Waals surface area (Å²) in [5, 5.41) is 0. The van der Waals surface area contributed by atoms with Crippen molar-refractivity contribution < 1.29 is 14.3 Å². The van der Waals surface area contributed by atoms with Crippen molar-refractivity contribution in [3.05, 3.63) is 45.6 Å². The Labute approximate surface area is 123 Å². The van der Waals surface area contributed by atoms with E-state index in [1.165, 1.54) is 23.6 Å². The van der Waals surface area contributed by atoms with Crippen molar-refractivity contribution in [2.75, 3.05) is 0 Å². The highest BCUT2D eigenvalue weighted by Crippen LogP contribution is 2.24. The highest BCUT2D eigenvalue weighted by Gasteiger charge is 2.24. The second-order valence-electron chi connectivity index (χ2n) is 4.26. The van der Waals surface area contributed by atoms with Gasteiger partial charge in [-0.15, -0.1) is 11.3 Å². The van der Waals surface area contributed by atoms with Crippen molar-refractivity contribution in [2.45, 2.75) is 6.92 Å². The topological polar surface area (TPSA) is 48.3 Å². The average Bonchev–Trinajstić information content (AvgIpc) is 2.69.